The Morgan fingerprint density at radius 1 is 1.26 bits per heavy atom. The topological polar surface area (TPSA) is 71.1 Å². The van der Waals surface area contributed by atoms with E-state index < -0.39 is 23.8 Å². The predicted octanol–water partition coefficient (Wildman–Crippen LogP) is 3.29. The smallest absolute Gasteiger partial charge is 0.344 e. The summed E-state index contributed by atoms with van der Waals surface area (Å²) in [5, 5.41) is 5.62. The molecule has 0 radical (unpaired) electrons. The van der Waals surface area contributed by atoms with Gasteiger partial charge in [-0.25, -0.2) is 4.98 Å². The Morgan fingerprint density at radius 3 is 2.30 bits per heavy atom. The van der Waals surface area contributed by atoms with Crippen LogP contribution in [0.15, 0.2) is 5.38 Å². The predicted molar refractivity (Wildman–Crippen MR) is 82.0 cm³/mol. The summed E-state index contributed by atoms with van der Waals surface area (Å²) in [5.41, 5.74) is -1.05. The van der Waals surface area contributed by atoms with Crippen molar-refractivity contribution in [3.05, 3.63) is 11.1 Å². The van der Waals surface area contributed by atoms with Crippen LogP contribution in [-0.2, 0) is 15.8 Å². The number of alkyl halides is 3. The molecule has 0 fully saturated rings. The molecule has 0 aromatic carbocycles. The Bertz CT molecular complexity index is 556. The van der Waals surface area contributed by atoms with Crippen molar-refractivity contribution < 1.29 is 22.8 Å². The zero-order valence-electron chi connectivity index (χ0n) is 13.3. The van der Waals surface area contributed by atoms with Crippen molar-refractivity contribution in [2.24, 2.45) is 11.8 Å². The van der Waals surface area contributed by atoms with Gasteiger partial charge in [0.25, 0.3) is 0 Å². The maximum atomic E-state index is 12.5. The molecule has 23 heavy (non-hydrogen) atoms. The van der Waals surface area contributed by atoms with E-state index >= 15 is 0 Å². The second kappa shape index (κ2) is 7.76. The van der Waals surface area contributed by atoms with Crippen molar-refractivity contribution in [3.63, 3.8) is 0 Å². The van der Waals surface area contributed by atoms with Gasteiger partial charge in [-0.05, 0) is 11.8 Å². The number of aromatic nitrogens is 1. The van der Waals surface area contributed by atoms with Gasteiger partial charge in [0.2, 0.25) is 11.8 Å². The number of thiazole rings is 1. The first-order chi connectivity index (χ1) is 10.5. The monoisotopic (exact) mass is 351 g/mol. The van der Waals surface area contributed by atoms with Crippen LogP contribution in [0.1, 0.15) is 39.8 Å². The number of anilines is 1. The molecule has 0 aliphatic rings. The van der Waals surface area contributed by atoms with E-state index in [2.05, 4.69) is 15.6 Å². The summed E-state index contributed by atoms with van der Waals surface area (Å²) in [6, 6.07) is -0.834. The van der Waals surface area contributed by atoms with Gasteiger partial charge in [-0.2, -0.15) is 13.2 Å². The molecule has 1 atom stereocenters. The Labute approximate surface area is 136 Å². The number of nitrogens with zero attached hydrogens (tertiary/aromatic N) is 1. The van der Waals surface area contributed by atoms with Gasteiger partial charge in [0, 0.05) is 11.8 Å². The molecule has 0 spiro atoms. The standard InChI is InChI=1S/C14H20F3N3O2S/c1-7(2)5-10(21)19-11(8(3)4)12(22)20-13-18-9(6-23-13)14(15,16)17/h6-8,11H,5H2,1-4H3,(H,19,21)(H,18,20,22). The van der Waals surface area contributed by atoms with E-state index in [4.69, 9.17) is 0 Å². The lowest BCUT2D eigenvalue weighted by molar-refractivity contribution is -0.140. The minimum absolute atomic E-state index is 0.138. The highest BCUT2D eigenvalue weighted by Crippen LogP contribution is 2.31. The van der Waals surface area contributed by atoms with Crippen LogP contribution >= 0.6 is 11.3 Å². The number of hydrogen-bond acceptors (Lipinski definition) is 4. The van der Waals surface area contributed by atoms with Crippen molar-refractivity contribution >= 4 is 28.3 Å². The Kier molecular flexibility index (Phi) is 6.55. The highest BCUT2D eigenvalue weighted by molar-refractivity contribution is 7.13. The van der Waals surface area contributed by atoms with E-state index in [-0.39, 0.29) is 29.3 Å². The van der Waals surface area contributed by atoms with Crippen LogP contribution in [0.3, 0.4) is 0 Å². The third-order valence-electron chi connectivity index (χ3n) is 2.88. The first-order valence-electron chi connectivity index (χ1n) is 7.13. The highest BCUT2D eigenvalue weighted by atomic mass is 32.1. The van der Waals surface area contributed by atoms with Crippen molar-refractivity contribution in [2.45, 2.75) is 46.3 Å². The van der Waals surface area contributed by atoms with E-state index in [1.165, 1.54) is 0 Å². The van der Waals surface area contributed by atoms with Crippen molar-refractivity contribution in [2.75, 3.05) is 5.32 Å². The van der Waals surface area contributed by atoms with Gasteiger partial charge in [0.05, 0.1) is 0 Å². The summed E-state index contributed by atoms with van der Waals surface area (Å²) >= 11 is 0.688. The minimum atomic E-state index is -4.55. The quantitative estimate of drug-likeness (QED) is 0.826. The normalized spacial score (nSPS) is 13.3. The maximum Gasteiger partial charge on any atom is 0.434 e. The molecule has 1 rings (SSSR count). The molecular formula is C14H20F3N3O2S. The average molecular weight is 351 g/mol. The molecular weight excluding hydrogens is 331 g/mol. The van der Waals surface area contributed by atoms with Crippen LogP contribution in [0.4, 0.5) is 18.3 Å². The largest absolute Gasteiger partial charge is 0.434 e. The zero-order chi connectivity index (χ0) is 17.8. The van der Waals surface area contributed by atoms with E-state index in [9.17, 15) is 22.8 Å². The highest BCUT2D eigenvalue weighted by Gasteiger charge is 2.34. The molecule has 1 heterocycles. The Balaban J connectivity index is 2.75. The van der Waals surface area contributed by atoms with Gasteiger partial charge < -0.3 is 10.6 Å². The van der Waals surface area contributed by atoms with Crippen molar-refractivity contribution in [3.8, 4) is 0 Å². The van der Waals surface area contributed by atoms with Gasteiger partial charge in [0.1, 0.15) is 6.04 Å². The molecule has 0 saturated carbocycles. The summed E-state index contributed by atoms with van der Waals surface area (Å²) in [4.78, 5) is 27.3. The Morgan fingerprint density at radius 2 is 1.87 bits per heavy atom. The first-order valence-corrected chi connectivity index (χ1v) is 8.01. The summed E-state index contributed by atoms with van der Waals surface area (Å²) in [6.07, 6.45) is -4.28. The van der Waals surface area contributed by atoms with Crippen LogP contribution in [0.2, 0.25) is 0 Å². The summed E-state index contributed by atoms with van der Waals surface area (Å²) in [6.45, 7) is 7.22. The summed E-state index contributed by atoms with van der Waals surface area (Å²) in [7, 11) is 0. The second-order valence-electron chi connectivity index (χ2n) is 5.91. The van der Waals surface area contributed by atoms with Gasteiger partial charge in [-0.15, -0.1) is 11.3 Å². The zero-order valence-corrected chi connectivity index (χ0v) is 14.1. The lowest BCUT2D eigenvalue weighted by atomic mass is 10.0. The molecule has 5 nitrogen and oxygen atoms in total. The van der Waals surface area contributed by atoms with E-state index in [0.717, 1.165) is 5.38 Å². The molecule has 1 aromatic rings. The number of nitrogens with one attached hydrogen (secondary N) is 2. The number of carbonyl (C=O) groups is 2. The van der Waals surface area contributed by atoms with Gasteiger partial charge in [-0.1, -0.05) is 27.7 Å². The van der Waals surface area contributed by atoms with Crippen LogP contribution < -0.4 is 10.6 Å². The molecule has 2 amide bonds. The van der Waals surface area contributed by atoms with Crippen LogP contribution in [0, 0.1) is 11.8 Å². The molecule has 1 unspecified atom stereocenters. The minimum Gasteiger partial charge on any atom is -0.344 e. The number of carbonyl (C=O) groups excluding carboxylic acids is 2. The lowest BCUT2D eigenvalue weighted by Crippen LogP contribution is -2.47. The third kappa shape index (κ3) is 6.17. The third-order valence-corrected chi connectivity index (χ3v) is 3.64. The van der Waals surface area contributed by atoms with Crippen LogP contribution in [-0.4, -0.2) is 22.8 Å². The number of halogens is 3. The summed E-state index contributed by atoms with van der Waals surface area (Å²) < 4.78 is 37.5. The van der Waals surface area contributed by atoms with Gasteiger partial charge in [0.15, 0.2) is 10.8 Å². The molecule has 0 aliphatic heterocycles. The summed E-state index contributed by atoms with van der Waals surface area (Å²) in [5.74, 6) is -0.934. The fourth-order valence-corrected chi connectivity index (χ4v) is 2.50. The maximum absolute atomic E-state index is 12.5. The van der Waals surface area contributed by atoms with Crippen molar-refractivity contribution in [1.29, 1.82) is 0 Å². The fourth-order valence-electron chi connectivity index (χ4n) is 1.78. The molecule has 2 N–H and O–H groups in total. The molecule has 130 valence electrons. The fraction of sp³-hybridized carbons (Fsp3) is 0.643. The van der Waals surface area contributed by atoms with E-state index in [1.54, 1.807) is 13.8 Å². The van der Waals surface area contributed by atoms with Gasteiger partial charge in [-0.3, -0.25) is 9.59 Å². The number of amides is 2. The van der Waals surface area contributed by atoms with Crippen LogP contribution in [0.5, 0.6) is 0 Å². The van der Waals surface area contributed by atoms with Crippen molar-refractivity contribution in [1.82, 2.24) is 10.3 Å². The first kappa shape index (κ1) is 19.4. The SMILES string of the molecule is CC(C)CC(=O)NC(C(=O)Nc1nc(C(F)(F)F)cs1)C(C)C. The van der Waals surface area contributed by atoms with Gasteiger partial charge >= 0.3 is 6.18 Å². The molecule has 0 aliphatic carbocycles. The number of hydrogen-bond donors (Lipinski definition) is 2. The van der Waals surface area contributed by atoms with E-state index in [0.29, 0.717) is 11.3 Å². The van der Waals surface area contributed by atoms with E-state index in [1.807, 2.05) is 13.8 Å². The van der Waals surface area contributed by atoms with Crippen LogP contribution in [0.25, 0.3) is 0 Å². The molecule has 1 aromatic heterocycles. The molecule has 0 saturated heterocycles. The Hall–Kier alpha value is -1.64. The lowest BCUT2D eigenvalue weighted by Gasteiger charge is -2.21. The number of rotatable bonds is 6. The average Bonchev–Trinajstić information content (AvgIpc) is 2.82. The molecule has 0 bridgehead atoms. The molecule has 9 heteroatoms. The second-order valence-corrected chi connectivity index (χ2v) is 6.77.